The van der Waals surface area contributed by atoms with E-state index in [4.69, 9.17) is 32.7 Å². The Hall–Kier alpha value is -2.02. The Labute approximate surface area is 160 Å². The van der Waals surface area contributed by atoms with Crippen LogP contribution in [-0.2, 0) is 14.3 Å². The molecule has 2 unspecified atom stereocenters. The van der Waals surface area contributed by atoms with Crippen molar-refractivity contribution in [3.8, 4) is 0 Å². The maximum Gasteiger partial charge on any atom is 0.252 e. The van der Waals surface area contributed by atoms with Crippen LogP contribution in [0.4, 0.5) is 5.69 Å². The normalized spacial score (nSPS) is 24.1. The van der Waals surface area contributed by atoms with Crippen molar-refractivity contribution in [3.63, 3.8) is 0 Å². The summed E-state index contributed by atoms with van der Waals surface area (Å²) in [6, 6.07) is 0. The molecule has 6 nitrogen and oxygen atoms in total. The number of ether oxygens (including phenoxy) is 2. The second-order valence-electron chi connectivity index (χ2n) is 6.22. The van der Waals surface area contributed by atoms with Crippen LogP contribution in [0.15, 0.2) is 47.2 Å². The molecule has 2 N–H and O–H groups in total. The smallest absolute Gasteiger partial charge is 0.252 e. The number of carbonyl (C=O) groups is 1. The predicted molar refractivity (Wildman–Crippen MR) is 98.9 cm³/mol. The van der Waals surface area contributed by atoms with Crippen molar-refractivity contribution in [3.05, 3.63) is 57.3 Å². The summed E-state index contributed by atoms with van der Waals surface area (Å²) in [5.74, 6) is 1.18. The minimum absolute atomic E-state index is 0.197. The van der Waals surface area contributed by atoms with Gasteiger partial charge in [-0.2, -0.15) is 0 Å². The van der Waals surface area contributed by atoms with E-state index < -0.39 is 0 Å². The first-order valence-electron chi connectivity index (χ1n) is 8.25. The lowest BCUT2D eigenvalue weighted by Crippen LogP contribution is -2.34. The fraction of sp³-hybridized carbons (Fsp3) is 0.333. The minimum Gasteiger partial charge on any atom is -0.497 e. The van der Waals surface area contributed by atoms with Crippen molar-refractivity contribution in [1.29, 1.82) is 0 Å². The summed E-state index contributed by atoms with van der Waals surface area (Å²) in [6.07, 6.45) is 6.90. The zero-order valence-corrected chi connectivity index (χ0v) is 15.5. The van der Waals surface area contributed by atoms with Gasteiger partial charge in [0.15, 0.2) is 6.10 Å². The molecular weight excluding hydrogens is 377 g/mol. The Morgan fingerprint density at radius 3 is 2.85 bits per heavy atom. The Bertz CT molecular complexity index is 843. The highest BCUT2D eigenvalue weighted by atomic mass is 35.5. The zero-order valence-electron chi connectivity index (χ0n) is 14.0. The molecule has 0 saturated carbocycles. The molecule has 3 aliphatic rings. The Morgan fingerprint density at radius 1 is 1.35 bits per heavy atom. The van der Waals surface area contributed by atoms with Crippen LogP contribution in [-0.4, -0.2) is 37.2 Å². The quantitative estimate of drug-likeness (QED) is 0.825. The minimum atomic E-state index is -0.320. The summed E-state index contributed by atoms with van der Waals surface area (Å²) in [4.78, 5) is 16.9. The predicted octanol–water partition coefficient (Wildman–Crippen LogP) is 3.06. The molecule has 3 heterocycles. The van der Waals surface area contributed by atoms with Crippen molar-refractivity contribution in [2.75, 3.05) is 25.5 Å². The van der Waals surface area contributed by atoms with Gasteiger partial charge in [-0.05, 0) is 17.7 Å². The van der Waals surface area contributed by atoms with Gasteiger partial charge in [0.25, 0.3) is 5.91 Å². The van der Waals surface area contributed by atoms with E-state index in [-0.39, 0.29) is 28.0 Å². The number of rotatable bonds is 3. The summed E-state index contributed by atoms with van der Waals surface area (Å²) >= 11 is 12.2. The molecule has 1 aliphatic carbocycles. The second kappa shape index (κ2) is 6.95. The fourth-order valence-electron chi connectivity index (χ4n) is 3.57. The van der Waals surface area contributed by atoms with Crippen LogP contribution in [0.2, 0.25) is 10.0 Å². The summed E-state index contributed by atoms with van der Waals surface area (Å²) in [5.41, 5.74) is 2.04. The Balaban J connectivity index is 1.68. The van der Waals surface area contributed by atoms with Crippen LogP contribution < -0.4 is 10.6 Å². The number of fused-ring (bicyclic) bond motifs is 2. The van der Waals surface area contributed by atoms with E-state index in [2.05, 4.69) is 15.6 Å². The maximum absolute atomic E-state index is 13.0. The number of nitrogens with zero attached hydrogens (tertiary/aromatic N) is 1. The summed E-state index contributed by atoms with van der Waals surface area (Å²) in [5, 5.41) is 6.72. The number of hydrogen-bond donors (Lipinski definition) is 2. The van der Waals surface area contributed by atoms with Gasteiger partial charge in [0, 0.05) is 37.5 Å². The molecule has 4 rings (SSSR count). The van der Waals surface area contributed by atoms with Gasteiger partial charge in [-0.1, -0.05) is 23.2 Å². The van der Waals surface area contributed by atoms with Crippen molar-refractivity contribution in [1.82, 2.24) is 10.3 Å². The molecule has 0 bridgehead atoms. The van der Waals surface area contributed by atoms with Gasteiger partial charge in [0.2, 0.25) is 0 Å². The first kappa shape index (κ1) is 17.4. The zero-order chi connectivity index (χ0) is 18.3. The number of anilines is 1. The third kappa shape index (κ3) is 2.88. The topological polar surface area (TPSA) is 72.5 Å². The van der Waals surface area contributed by atoms with Crippen LogP contribution >= 0.6 is 23.2 Å². The number of aromatic nitrogens is 1. The van der Waals surface area contributed by atoms with Crippen molar-refractivity contribution in [2.45, 2.75) is 12.5 Å². The van der Waals surface area contributed by atoms with Crippen LogP contribution in [0.3, 0.4) is 0 Å². The monoisotopic (exact) mass is 393 g/mol. The summed E-state index contributed by atoms with van der Waals surface area (Å²) in [6.45, 7) is 1.55. The van der Waals surface area contributed by atoms with Gasteiger partial charge in [-0.25, -0.2) is 0 Å². The van der Waals surface area contributed by atoms with E-state index in [1.807, 2.05) is 0 Å². The fourth-order valence-corrected chi connectivity index (χ4v) is 4.03. The summed E-state index contributed by atoms with van der Waals surface area (Å²) < 4.78 is 11.6. The lowest BCUT2D eigenvalue weighted by molar-refractivity contribution is -0.113. The standard InChI is InChI=1S/C18H17Cl2N3O3/c1-25-14-3-2-9(15-10-6-21-5-4-13(10)26-17(14)15)18(24)23-16-11(19)7-22-8-12(16)20/h2-3,7-8,15,17,21H,4-6H2,1H3,(H,22,23,24). The molecule has 0 spiro atoms. The van der Waals surface area contributed by atoms with Crippen LogP contribution in [0, 0.1) is 5.92 Å². The molecule has 1 aromatic heterocycles. The highest BCUT2D eigenvalue weighted by molar-refractivity contribution is 6.39. The average molecular weight is 394 g/mol. The van der Waals surface area contributed by atoms with Crippen molar-refractivity contribution in [2.24, 2.45) is 5.92 Å². The number of halogens is 2. The second-order valence-corrected chi connectivity index (χ2v) is 7.03. The van der Waals surface area contributed by atoms with Gasteiger partial charge in [0.05, 0.1) is 34.5 Å². The lowest BCUT2D eigenvalue weighted by atomic mass is 9.81. The molecule has 2 aliphatic heterocycles. The number of amides is 1. The van der Waals surface area contributed by atoms with Crippen LogP contribution in [0.1, 0.15) is 6.42 Å². The Morgan fingerprint density at radius 2 is 2.12 bits per heavy atom. The van der Waals surface area contributed by atoms with Gasteiger partial charge >= 0.3 is 0 Å². The highest BCUT2D eigenvalue weighted by Gasteiger charge is 2.45. The number of hydrogen-bond acceptors (Lipinski definition) is 5. The van der Waals surface area contributed by atoms with Crippen molar-refractivity contribution >= 4 is 34.8 Å². The molecule has 8 heteroatoms. The lowest BCUT2D eigenvalue weighted by Gasteiger charge is -2.27. The van der Waals surface area contributed by atoms with Gasteiger partial charge in [-0.15, -0.1) is 0 Å². The van der Waals surface area contributed by atoms with Gasteiger partial charge in [0.1, 0.15) is 5.76 Å². The molecule has 1 aromatic rings. The average Bonchev–Trinajstić information content (AvgIpc) is 3.03. The molecule has 1 amide bonds. The number of carbonyl (C=O) groups excluding carboxylic acids is 1. The van der Waals surface area contributed by atoms with E-state index in [1.165, 1.54) is 12.4 Å². The molecule has 136 valence electrons. The molecule has 0 saturated heterocycles. The van der Waals surface area contributed by atoms with Crippen LogP contribution in [0.5, 0.6) is 0 Å². The van der Waals surface area contributed by atoms with Crippen LogP contribution in [0.25, 0.3) is 0 Å². The third-order valence-corrected chi connectivity index (χ3v) is 5.36. The SMILES string of the molecule is COC1=CC=C(C(=O)Nc2c(Cl)cncc2Cl)C2C3=C(CCNC3)OC12. The molecule has 0 radical (unpaired) electrons. The maximum atomic E-state index is 13.0. The number of allylic oxidation sites excluding steroid dienone is 2. The van der Waals surface area contributed by atoms with E-state index in [0.717, 1.165) is 24.3 Å². The Kier molecular flexibility index (Phi) is 4.65. The number of methoxy groups -OCH3 is 1. The molecule has 26 heavy (non-hydrogen) atoms. The summed E-state index contributed by atoms with van der Waals surface area (Å²) in [7, 11) is 1.61. The molecular formula is C18H17Cl2N3O3. The number of nitrogens with one attached hydrogen (secondary N) is 2. The van der Waals surface area contributed by atoms with E-state index in [9.17, 15) is 4.79 Å². The first-order chi connectivity index (χ1) is 12.6. The van der Waals surface area contributed by atoms with E-state index in [1.54, 1.807) is 19.3 Å². The molecule has 2 atom stereocenters. The number of pyridine rings is 1. The molecule has 0 fully saturated rings. The largest absolute Gasteiger partial charge is 0.497 e. The van der Waals surface area contributed by atoms with Gasteiger partial charge < -0.3 is 20.1 Å². The molecule has 0 aromatic carbocycles. The van der Waals surface area contributed by atoms with Crippen molar-refractivity contribution < 1.29 is 14.3 Å². The van der Waals surface area contributed by atoms with E-state index >= 15 is 0 Å². The third-order valence-electron chi connectivity index (χ3n) is 4.78. The first-order valence-corrected chi connectivity index (χ1v) is 9.01. The highest BCUT2D eigenvalue weighted by Crippen LogP contribution is 2.44. The van der Waals surface area contributed by atoms with E-state index in [0.29, 0.717) is 23.6 Å². The van der Waals surface area contributed by atoms with Gasteiger partial charge in [-0.3, -0.25) is 9.78 Å².